The average Bonchev–Trinajstić information content (AvgIpc) is 1.45. The number of allylic oxidation sites excluding steroid dienone is 4. The number of hydrogen-bond acceptors (Lipinski definition) is 29. The molecule has 11 rings (SSSR count). The van der Waals surface area contributed by atoms with Crippen LogP contribution >= 0.6 is 0 Å². The topological polar surface area (TPSA) is 525 Å². The van der Waals surface area contributed by atoms with E-state index in [1.807, 2.05) is 55.5 Å². The van der Waals surface area contributed by atoms with Gasteiger partial charge in [-0.3, -0.25) is 48.1 Å². The summed E-state index contributed by atoms with van der Waals surface area (Å²) in [4.78, 5) is 130. The van der Waals surface area contributed by atoms with Crippen molar-refractivity contribution >= 4 is 70.0 Å². The summed E-state index contributed by atoms with van der Waals surface area (Å²) >= 11 is 0. The highest BCUT2D eigenvalue weighted by molar-refractivity contribution is 6.44. The maximum Gasteiger partial charge on any atom is 0.246 e. The van der Waals surface area contributed by atoms with Gasteiger partial charge < -0.3 is 126 Å². The zero-order valence-electron chi connectivity index (χ0n) is 74.7. The van der Waals surface area contributed by atoms with Crippen LogP contribution in [0.15, 0.2) is 82.4 Å². The Hall–Kier alpha value is -8.57. The number of ketones is 2. The van der Waals surface area contributed by atoms with Crippen LogP contribution in [0.2, 0.25) is 0 Å². The number of carbonyl (C=O) groups is 9. The second kappa shape index (κ2) is 46.9. The summed E-state index contributed by atoms with van der Waals surface area (Å²) in [5.74, 6) is 3.38. The minimum atomic E-state index is -2.45. The molecule has 718 valence electrons. The van der Waals surface area contributed by atoms with E-state index in [4.69, 9.17) is 48.5 Å². The van der Waals surface area contributed by atoms with Crippen LogP contribution in [0, 0.1) is 46.3 Å². The maximum atomic E-state index is 18.2. The molecule has 16 N–H and O–H groups in total. The quantitative estimate of drug-likeness (QED) is 0.0190. The molecule has 9 aliphatic rings. The molecule has 38 heteroatoms. The Kier molecular flexibility index (Phi) is 36.8. The van der Waals surface area contributed by atoms with E-state index in [1.165, 1.54) is 26.0 Å². The van der Waals surface area contributed by atoms with E-state index in [2.05, 4.69) is 53.8 Å². The molecule has 7 fully saturated rings. The van der Waals surface area contributed by atoms with Crippen molar-refractivity contribution in [3.63, 3.8) is 0 Å². The number of rotatable bonds is 43. The fourth-order valence-corrected chi connectivity index (χ4v) is 20.0. The Labute approximate surface area is 755 Å². The molecule has 36 nitrogen and oxygen atoms in total. The minimum absolute atomic E-state index is 0.00259. The first kappa shape index (κ1) is 102. The molecule has 0 aromatic heterocycles. The molecular weight excluding hydrogens is 1700 g/mol. The van der Waals surface area contributed by atoms with Gasteiger partial charge in [-0.25, -0.2) is 8.78 Å². The smallest absolute Gasteiger partial charge is 0.246 e. The third kappa shape index (κ3) is 23.4. The third-order valence-electron chi connectivity index (χ3n) is 26.9. The number of anilines is 1. The summed E-state index contributed by atoms with van der Waals surface area (Å²) < 4.78 is 88.3. The van der Waals surface area contributed by atoms with Gasteiger partial charge in [0.2, 0.25) is 41.4 Å². The van der Waals surface area contributed by atoms with E-state index in [-0.39, 0.29) is 165 Å². The summed E-state index contributed by atoms with van der Waals surface area (Å²) in [5.41, 5.74) is -3.88. The van der Waals surface area contributed by atoms with Crippen molar-refractivity contribution in [3.05, 3.63) is 89.0 Å². The highest BCUT2D eigenvalue weighted by atomic mass is 19.1. The van der Waals surface area contributed by atoms with Crippen LogP contribution in [0.25, 0.3) is 0 Å². The van der Waals surface area contributed by atoms with Gasteiger partial charge in [-0.1, -0.05) is 95.2 Å². The Morgan fingerprint density at radius 3 is 2.10 bits per heavy atom. The number of Topliss-reactive ketones (excluding diaryl/α,β-unsaturated/α-hetero) is 1. The number of alkyl halides is 2. The number of aliphatic hydroxyl groups is 8. The fourth-order valence-electron chi connectivity index (χ4n) is 20.0. The highest BCUT2D eigenvalue weighted by Crippen LogP contribution is 2.72. The SMILES string of the molecule is CCCC1O[C@@H]2C[C@H]3[C@@H]4C[C@H](F)C5=CC(=O)C=C[C@]5(C)[C@@]4(F)[C@@H](O)C[C@]3(C)[C@]2(C(=O)CNC(=O)[C@H](C)NC(=O)[C@@H](NC(=O)[C@@H](CCCCNC(=O)COC2CCCCCC(=N[C@H]3O[C@H](CCO)[C@@H](C4O[C@H](CO)[C@@H](O)[C@H](O)[C@H]4O)[C@H](O)[C@H]3O)C2=NN)NC(=O)CCOCCOCCOCCOCCNC(=O)CCC(=O)N2Cc3ccccc3C#Cc3ccccc32)C(C)C)O1. The molecular formula is C92H130F2N10O26. The number of hydrogen-bond donors (Lipinski definition) is 15. The van der Waals surface area contributed by atoms with E-state index in [0.717, 1.165) is 22.8 Å². The first-order valence-corrected chi connectivity index (χ1v) is 45.5. The van der Waals surface area contributed by atoms with Crippen molar-refractivity contribution in [2.24, 2.45) is 50.4 Å². The molecule has 2 aromatic rings. The normalized spacial score (nSPS) is 32.2. The van der Waals surface area contributed by atoms with Crippen molar-refractivity contribution in [1.82, 2.24) is 31.9 Å². The molecule has 3 saturated heterocycles. The van der Waals surface area contributed by atoms with Crippen molar-refractivity contribution in [2.75, 3.05) is 97.2 Å². The van der Waals surface area contributed by atoms with Gasteiger partial charge in [0.1, 0.15) is 73.2 Å². The molecule has 4 aliphatic heterocycles. The summed E-state index contributed by atoms with van der Waals surface area (Å²) in [7, 11) is 0. The number of carbonyl (C=O) groups excluding carboxylic acids is 9. The zero-order valence-corrected chi connectivity index (χ0v) is 74.7. The van der Waals surface area contributed by atoms with E-state index in [1.54, 1.807) is 25.7 Å². The molecule has 24 atom stereocenters. The lowest BCUT2D eigenvalue weighted by molar-refractivity contribution is -0.285. The molecule has 130 heavy (non-hydrogen) atoms. The number of aliphatic imine (C=N–C) groups is 1. The van der Waals surface area contributed by atoms with Gasteiger partial charge >= 0.3 is 0 Å². The number of fused-ring (bicyclic) bond motifs is 9. The maximum absolute atomic E-state index is 18.2. The van der Waals surface area contributed by atoms with Gasteiger partial charge in [0.25, 0.3) is 0 Å². The monoisotopic (exact) mass is 1830 g/mol. The number of halogens is 2. The summed E-state index contributed by atoms with van der Waals surface area (Å²) in [6.45, 7) is 9.24. The van der Waals surface area contributed by atoms with Crippen LogP contribution in [-0.4, -0.2) is 313 Å². The predicted molar refractivity (Wildman–Crippen MR) is 464 cm³/mol. The predicted octanol–water partition coefficient (Wildman–Crippen LogP) is 0.990. The summed E-state index contributed by atoms with van der Waals surface area (Å²) in [6, 6.07) is 11.2. The number of para-hydroxylation sites is 1. The number of unbranched alkanes of at least 4 members (excludes halogenated alkanes) is 1. The fraction of sp³-hybridized carbons (Fsp3) is 0.685. The average molecular weight is 1830 g/mol. The Morgan fingerprint density at radius 1 is 0.700 bits per heavy atom. The van der Waals surface area contributed by atoms with Crippen molar-refractivity contribution in [1.29, 1.82) is 0 Å². The molecule has 3 unspecified atom stereocenters. The zero-order chi connectivity index (χ0) is 93.8. The first-order chi connectivity index (χ1) is 62.3. The van der Waals surface area contributed by atoms with Gasteiger partial charge in [-0.15, -0.1) is 0 Å². The number of benzene rings is 2. The molecule has 7 amide bonds. The van der Waals surface area contributed by atoms with E-state index in [0.29, 0.717) is 50.8 Å². The Balaban J connectivity index is 0.645. The summed E-state index contributed by atoms with van der Waals surface area (Å²) in [6.07, 6.45) is -14.0. The van der Waals surface area contributed by atoms with Crippen molar-refractivity contribution in [3.8, 4) is 11.8 Å². The molecule has 2 aromatic carbocycles. The summed E-state index contributed by atoms with van der Waals surface area (Å²) in [5, 5.41) is 108. The Bertz CT molecular complexity index is 4460. The van der Waals surface area contributed by atoms with Crippen LogP contribution in [0.3, 0.4) is 0 Å². The number of aliphatic hydroxyl groups excluding tert-OH is 8. The van der Waals surface area contributed by atoms with Gasteiger partial charge in [0.15, 0.2) is 35.4 Å². The second-order valence-corrected chi connectivity index (χ2v) is 35.7. The van der Waals surface area contributed by atoms with Gasteiger partial charge in [0, 0.05) is 72.8 Å². The standard InChI is InChI=1S/C92H130F2N10O26/c1-7-17-75-129-70-46-58-59-45-61(93)60-44-57(107)29-32-89(60,5)91(59,94)68(108)47-90(58,6)92(70,130-75)69(109)48-98-85(119)53(4)99-87(121)77(52(2)3)102-86(120)63(100-72(111)31-36-122-38-40-124-42-43-125-41-39-123-37-34-97-71(110)27-28-74(113)104-49-56-20-12-11-18-54(56)25-26-55-19-13-14-23-64(55)104)22-15-16-33-96-73(112)51-126-66-24-10-8-9-21-62(78(66)103-95)101-88-83(118)80(115)76(65(128-88)30-35-105)84-82(117)81(116)79(114)67(50-106)127-84/h11-14,18-20,23,29,32,44,52-53,58-59,61,63,65-68,70,75-77,79-84,88,105-106,108,114-118H,7-10,15-17,21-22,24,27-28,30-31,33-43,45-51,95H2,1-6H3,(H,96,112)(H,97,110)(H,98,119)(H,99,121)(H,100,111)(H,102,120)/t53-,58-,59-,61-,63+,65+,66?,67+,68-,70+,75?,76+,77-,79+,80-,81-,82+,83+,84?,88-,89-,90-,91-,92+/m0/s1. The number of nitrogens with two attached hydrogens (primary N) is 1. The molecule has 4 saturated carbocycles. The number of nitrogens with one attached hydrogen (secondary N) is 6. The lowest BCUT2D eigenvalue weighted by Crippen LogP contribution is -2.71. The first-order valence-electron chi connectivity index (χ1n) is 45.5. The number of amides is 7. The van der Waals surface area contributed by atoms with E-state index < -0.39 is 217 Å². The van der Waals surface area contributed by atoms with Crippen LogP contribution in [0.5, 0.6) is 0 Å². The highest BCUT2D eigenvalue weighted by Gasteiger charge is 2.80. The number of ether oxygens (including phenoxy) is 9. The number of hydrazone groups is 1. The minimum Gasteiger partial charge on any atom is -0.396 e. The van der Waals surface area contributed by atoms with Gasteiger partial charge in [-0.2, -0.15) is 5.10 Å². The molecule has 4 heterocycles. The lowest BCUT2D eigenvalue weighted by atomic mass is 9.44. The van der Waals surface area contributed by atoms with Crippen molar-refractivity contribution < 1.29 is 135 Å². The number of nitrogens with zero attached hydrogens (tertiary/aromatic N) is 3. The molecule has 5 aliphatic carbocycles. The van der Waals surface area contributed by atoms with Crippen LogP contribution < -0.4 is 42.6 Å². The third-order valence-corrected chi connectivity index (χ3v) is 26.9. The van der Waals surface area contributed by atoms with Crippen molar-refractivity contribution in [2.45, 2.75) is 272 Å². The molecule has 0 spiro atoms. The largest absolute Gasteiger partial charge is 0.396 e. The van der Waals surface area contributed by atoms with Crippen LogP contribution in [0.1, 0.15) is 167 Å². The van der Waals surface area contributed by atoms with Crippen LogP contribution in [0.4, 0.5) is 14.5 Å². The van der Waals surface area contributed by atoms with Gasteiger partial charge in [0.05, 0.1) is 114 Å². The second-order valence-electron chi connectivity index (χ2n) is 35.7. The van der Waals surface area contributed by atoms with Gasteiger partial charge in [-0.05, 0) is 138 Å². The lowest BCUT2D eigenvalue weighted by Gasteiger charge is -2.63. The van der Waals surface area contributed by atoms with E-state index >= 15 is 13.6 Å². The van der Waals surface area contributed by atoms with E-state index in [9.17, 15) is 79.2 Å². The Morgan fingerprint density at radius 2 is 1.39 bits per heavy atom. The molecule has 0 radical (unpaired) electrons. The molecule has 0 bridgehead atoms. The van der Waals surface area contributed by atoms with Crippen LogP contribution in [-0.2, 0) is 92.3 Å².